The molecule has 0 aliphatic heterocycles. The van der Waals surface area contributed by atoms with Crippen molar-refractivity contribution in [1.82, 2.24) is 10.3 Å². The summed E-state index contributed by atoms with van der Waals surface area (Å²) in [6, 6.07) is 12.6. The van der Waals surface area contributed by atoms with Crippen LogP contribution in [0.3, 0.4) is 0 Å². The normalized spacial score (nSPS) is 11.8. The molecule has 27 heavy (non-hydrogen) atoms. The summed E-state index contributed by atoms with van der Waals surface area (Å²) in [6.07, 6.45) is -0.980. The maximum absolute atomic E-state index is 13.2. The van der Waals surface area contributed by atoms with E-state index in [1.54, 1.807) is 41.3 Å². The van der Waals surface area contributed by atoms with Crippen molar-refractivity contribution in [3.63, 3.8) is 0 Å². The van der Waals surface area contributed by atoms with Crippen LogP contribution in [0.4, 0.5) is 14.9 Å². The van der Waals surface area contributed by atoms with Crippen molar-refractivity contribution >= 4 is 34.8 Å². The van der Waals surface area contributed by atoms with Gasteiger partial charge in [-0.2, -0.15) is 0 Å². The van der Waals surface area contributed by atoms with Crippen LogP contribution < -0.4 is 10.6 Å². The van der Waals surface area contributed by atoms with Crippen molar-refractivity contribution in [2.45, 2.75) is 22.3 Å². The average Bonchev–Trinajstić information content (AvgIpc) is 3.06. The Morgan fingerprint density at radius 1 is 1.30 bits per heavy atom. The van der Waals surface area contributed by atoms with Crippen molar-refractivity contribution in [1.29, 1.82) is 0 Å². The number of nitrogens with zero attached hydrogens (tertiary/aromatic N) is 1. The minimum Gasteiger partial charge on any atom is -0.387 e. The summed E-state index contributed by atoms with van der Waals surface area (Å²) in [7, 11) is 0. The first-order chi connectivity index (χ1) is 13.0. The maximum Gasteiger partial charge on any atom is 0.319 e. The van der Waals surface area contributed by atoms with Gasteiger partial charge in [-0.1, -0.05) is 23.9 Å². The quantitative estimate of drug-likeness (QED) is 0.562. The molecule has 3 aromatic rings. The predicted octanol–water partition coefficient (Wildman–Crippen LogP) is 4.60. The first kappa shape index (κ1) is 19.3. The molecule has 1 unspecified atom stereocenters. The molecule has 1 heterocycles. The Morgan fingerprint density at radius 2 is 2.07 bits per heavy atom. The first-order valence-electron chi connectivity index (χ1n) is 8.18. The van der Waals surface area contributed by atoms with Crippen molar-refractivity contribution in [3.8, 4) is 0 Å². The van der Waals surface area contributed by atoms with Gasteiger partial charge >= 0.3 is 6.03 Å². The van der Waals surface area contributed by atoms with Crippen LogP contribution in [-0.4, -0.2) is 22.7 Å². The summed E-state index contributed by atoms with van der Waals surface area (Å²) >= 11 is 3.16. The van der Waals surface area contributed by atoms with Gasteiger partial charge in [-0.15, -0.1) is 11.3 Å². The third-order valence-corrected chi connectivity index (χ3v) is 5.67. The monoisotopic (exact) mass is 403 g/mol. The molecule has 0 fully saturated rings. The van der Waals surface area contributed by atoms with Gasteiger partial charge in [-0.05, 0) is 48.9 Å². The molecule has 5 nitrogen and oxygen atoms in total. The number of nitrogens with one attached hydrogen (secondary N) is 2. The Morgan fingerprint density at radius 3 is 2.74 bits per heavy atom. The number of anilines is 1. The van der Waals surface area contributed by atoms with E-state index in [1.807, 2.05) is 24.4 Å². The number of hydrogen-bond donors (Lipinski definition) is 3. The lowest BCUT2D eigenvalue weighted by Crippen LogP contribution is -2.32. The molecule has 3 rings (SSSR count). The van der Waals surface area contributed by atoms with Crippen LogP contribution in [0.5, 0.6) is 0 Å². The smallest absolute Gasteiger partial charge is 0.319 e. The summed E-state index contributed by atoms with van der Waals surface area (Å²) in [5.74, 6) is -0.429. The Kier molecular flexibility index (Phi) is 6.44. The Balaban J connectivity index is 1.49. The molecule has 140 valence electrons. The second-order valence-corrected chi connectivity index (χ2v) is 7.97. The van der Waals surface area contributed by atoms with Crippen LogP contribution in [0.2, 0.25) is 0 Å². The van der Waals surface area contributed by atoms with Crippen molar-refractivity contribution in [3.05, 3.63) is 71.0 Å². The molecule has 1 aromatic heterocycles. The van der Waals surface area contributed by atoms with Gasteiger partial charge < -0.3 is 15.7 Å². The van der Waals surface area contributed by atoms with Crippen molar-refractivity contribution < 1.29 is 14.3 Å². The van der Waals surface area contributed by atoms with Gasteiger partial charge in [0, 0.05) is 28.2 Å². The highest BCUT2D eigenvalue weighted by Crippen LogP contribution is 2.30. The number of urea groups is 1. The highest BCUT2D eigenvalue weighted by Gasteiger charge is 2.10. The number of rotatable bonds is 6. The van der Waals surface area contributed by atoms with E-state index < -0.39 is 18.0 Å². The summed E-state index contributed by atoms with van der Waals surface area (Å²) < 4.78 is 14.1. The van der Waals surface area contributed by atoms with Gasteiger partial charge in [0.05, 0.1) is 6.10 Å². The summed E-state index contributed by atoms with van der Waals surface area (Å²) in [5.41, 5.74) is 2.04. The van der Waals surface area contributed by atoms with Crippen molar-refractivity contribution in [2.24, 2.45) is 0 Å². The average molecular weight is 404 g/mol. The van der Waals surface area contributed by atoms with Gasteiger partial charge in [0.1, 0.15) is 5.82 Å². The fraction of sp³-hybridized carbons (Fsp3) is 0.158. The molecule has 1 atom stereocenters. The Labute approximate surface area is 164 Å². The standard InChI is InChI=1S/C19H18FN3O2S2/c1-12-11-26-19(22-12)27-16-7-5-15(6-8-16)23-18(25)21-10-17(24)13-3-2-4-14(20)9-13/h2-9,11,17,24H,10H2,1H3,(H2,21,23,25). The van der Waals surface area contributed by atoms with E-state index in [9.17, 15) is 14.3 Å². The molecule has 0 bridgehead atoms. The SMILES string of the molecule is Cc1csc(Sc2ccc(NC(=O)NCC(O)c3cccc(F)c3)cc2)n1. The molecule has 0 saturated heterocycles. The third-order valence-electron chi connectivity index (χ3n) is 3.60. The molecular weight excluding hydrogens is 385 g/mol. The number of carbonyl (C=O) groups excluding carboxylic acids is 1. The van der Waals surface area contributed by atoms with Crippen molar-refractivity contribution in [2.75, 3.05) is 11.9 Å². The number of carbonyl (C=O) groups is 1. The lowest BCUT2D eigenvalue weighted by atomic mass is 10.1. The molecule has 2 amide bonds. The van der Waals surface area contributed by atoms with Crippen LogP contribution in [0, 0.1) is 12.7 Å². The third kappa shape index (κ3) is 5.78. The number of thiazole rings is 1. The zero-order valence-electron chi connectivity index (χ0n) is 14.5. The molecular formula is C19H18FN3O2S2. The summed E-state index contributed by atoms with van der Waals surface area (Å²) in [5, 5.41) is 17.3. The van der Waals surface area contributed by atoms with Crippen LogP contribution in [0.25, 0.3) is 0 Å². The Bertz CT molecular complexity index is 915. The zero-order chi connectivity index (χ0) is 19.2. The molecule has 0 aliphatic rings. The lowest BCUT2D eigenvalue weighted by molar-refractivity contribution is 0.174. The zero-order valence-corrected chi connectivity index (χ0v) is 16.1. The minimum absolute atomic E-state index is 0.0212. The fourth-order valence-corrected chi connectivity index (χ4v) is 4.09. The maximum atomic E-state index is 13.2. The van der Waals surface area contributed by atoms with E-state index >= 15 is 0 Å². The van der Waals surface area contributed by atoms with Crippen LogP contribution in [0.1, 0.15) is 17.4 Å². The van der Waals surface area contributed by atoms with Crippen LogP contribution in [-0.2, 0) is 0 Å². The molecule has 3 N–H and O–H groups in total. The van der Waals surface area contributed by atoms with E-state index in [0.29, 0.717) is 11.3 Å². The molecule has 2 aromatic carbocycles. The minimum atomic E-state index is -0.980. The van der Waals surface area contributed by atoms with Gasteiger partial charge in [-0.3, -0.25) is 0 Å². The second-order valence-electron chi connectivity index (χ2n) is 5.79. The first-order valence-corrected chi connectivity index (χ1v) is 9.87. The van der Waals surface area contributed by atoms with E-state index in [-0.39, 0.29) is 6.54 Å². The highest BCUT2D eigenvalue weighted by atomic mass is 32.2. The van der Waals surface area contributed by atoms with Gasteiger partial charge in [0.15, 0.2) is 4.34 Å². The number of aryl methyl sites for hydroxylation is 1. The van der Waals surface area contributed by atoms with Crippen LogP contribution >= 0.6 is 23.1 Å². The van der Waals surface area contributed by atoms with E-state index in [4.69, 9.17) is 0 Å². The van der Waals surface area contributed by atoms with E-state index in [0.717, 1.165) is 14.9 Å². The Hall–Kier alpha value is -2.42. The molecule has 0 spiro atoms. The number of aromatic nitrogens is 1. The fourth-order valence-electron chi connectivity index (χ4n) is 2.28. The largest absolute Gasteiger partial charge is 0.387 e. The van der Waals surface area contributed by atoms with E-state index in [2.05, 4.69) is 15.6 Å². The molecule has 0 radical (unpaired) electrons. The summed E-state index contributed by atoms with van der Waals surface area (Å²) in [6.45, 7) is 1.93. The molecule has 0 saturated carbocycles. The number of amides is 2. The molecule has 0 aliphatic carbocycles. The molecule has 8 heteroatoms. The number of aliphatic hydroxyl groups excluding tert-OH is 1. The second kappa shape index (κ2) is 8.98. The topological polar surface area (TPSA) is 74.2 Å². The van der Waals surface area contributed by atoms with Crippen LogP contribution in [0.15, 0.2) is 63.1 Å². The number of hydrogen-bond acceptors (Lipinski definition) is 5. The van der Waals surface area contributed by atoms with Gasteiger partial charge in [0.2, 0.25) is 0 Å². The number of benzene rings is 2. The number of aliphatic hydroxyl groups is 1. The number of halogens is 1. The predicted molar refractivity (Wildman–Crippen MR) is 106 cm³/mol. The van der Waals surface area contributed by atoms with Gasteiger partial charge in [0.25, 0.3) is 0 Å². The van der Waals surface area contributed by atoms with Gasteiger partial charge in [-0.25, -0.2) is 14.2 Å². The highest BCUT2D eigenvalue weighted by molar-refractivity contribution is 8.01. The summed E-state index contributed by atoms with van der Waals surface area (Å²) in [4.78, 5) is 17.4. The lowest BCUT2D eigenvalue weighted by Gasteiger charge is -2.13. The van der Waals surface area contributed by atoms with E-state index in [1.165, 1.54) is 18.2 Å².